The maximum Gasteiger partial charge on any atom is 0.166 e. The highest BCUT2D eigenvalue weighted by Crippen LogP contribution is 2.39. The summed E-state index contributed by atoms with van der Waals surface area (Å²) >= 11 is 5.96. The smallest absolute Gasteiger partial charge is 0.166 e. The van der Waals surface area contributed by atoms with Crippen LogP contribution in [0.5, 0.6) is 0 Å². The summed E-state index contributed by atoms with van der Waals surface area (Å²) in [6.45, 7) is 4.41. The molecule has 21 heavy (non-hydrogen) atoms. The van der Waals surface area contributed by atoms with Crippen LogP contribution in [0.3, 0.4) is 0 Å². The van der Waals surface area contributed by atoms with Crippen LogP contribution in [0.4, 0.5) is 0 Å². The molecule has 108 valence electrons. The molecule has 3 nitrogen and oxygen atoms in total. The molecular weight excluding hydrogens is 282 g/mol. The topological polar surface area (TPSA) is 39.8 Å². The second-order valence-corrected chi connectivity index (χ2v) is 5.99. The number of hydrogen-bond acceptors (Lipinski definition) is 2. The number of nitrogens with one attached hydrogen (secondary N) is 1. The Labute approximate surface area is 130 Å². The van der Waals surface area contributed by atoms with Crippen LogP contribution in [0.1, 0.15) is 37.8 Å². The normalized spacial score (nSPS) is 24.9. The van der Waals surface area contributed by atoms with E-state index < -0.39 is 0 Å². The molecule has 0 saturated heterocycles. The van der Waals surface area contributed by atoms with E-state index in [2.05, 4.69) is 40.9 Å². The van der Waals surface area contributed by atoms with Crippen molar-refractivity contribution in [3.05, 3.63) is 59.1 Å². The minimum Gasteiger partial charge on any atom is -0.264 e. The zero-order chi connectivity index (χ0) is 14.9. The molecule has 0 spiro atoms. The fourth-order valence-corrected chi connectivity index (χ4v) is 3.56. The van der Waals surface area contributed by atoms with Crippen molar-refractivity contribution in [1.29, 1.82) is 0 Å². The Morgan fingerprint density at radius 3 is 2.71 bits per heavy atom. The van der Waals surface area contributed by atoms with Gasteiger partial charge < -0.3 is 0 Å². The molecule has 0 amide bonds. The van der Waals surface area contributed by atoms with Crippen LogP contribution in [0.25, 0.3) is 0 Å². The van der Waals surface area contributed by atoms with Gasteiger partial charge in [-0.25, -0.2) is 9.98 Å². The predicted molar refractivity (Wildman–Crippen MR) is 84.6 cm³/mol. The van der Waals surface area contributed by atoms with Crippen LogP contribution in [-0.4, -0.2) is 21.7 Å². The maximum absolute atomic E-state index is 5.96. The average molecular weight is 301 g/mol. The van der Waals surface area contributed by atoms with Gasteiger partial charge in [-0.15, -0.1) is 0 Å². The van der Waals surface area contributed by atoms with Crippen LogP contribution in [0.15, 0.2) is 42.9 Å². The second kappa shape index (κ2) is 5.57. The fourth-order valence-electron chi connectivity index (χ4n) is 3.45. The second-order valence-electron chi connectivity index (χ2n) is 5.60. The first-order valence-corrected chi connectivity index (χ1v) is 7.70. The third-order valence-electron chi connectivity index (χ3n) is 4.28. The van der Waals surface area contributed by atoms with Gasteiger partial charge in [-0.05, 0) is 30.2 Å². The molecule has 1 aliphatic heterocycles. The quantitative estimate of drug-likeness (QED) is 0.882. The van der Waals surface area contributed by atoms with E-state index in [4.69, 9.17) is 11.6 Å². The third-order valence-corrected chi connectivity index (χ3v) is 4.50. The van der Waals surface area contributed by atoms with Gasteiger partial charge in [0.2, 0.25) is 0 Å². The molecule has 0 bridgehead atoms. The molecule has 1 N–H and O–H groups in total. The van der Waals surface area contributed by atoms with Crippen molar-refractivity contribution in [3.8, 4) is 0 Å². The number of rotatable bonds is 3. The Kier molecular flexibility index (Phi) is 3.77. The van der Waals surface area contributed by atoms with Gasteiger partial charge in [-0.1, -0.05) is 30.7 Å². The molecule has 0 saturated carbocycles. The van der Waals surface area contributed by atoms with E-state index in [0.717, 1.165) is 12.8 Å². The molecule has 0 fully saturated rings. The number of pyridine rings is 2. The maximum atomic E-state index is 5.96. The highest BCUT2D eigenvalue weighted by atomic mass is 35.5. The number of nitrogens with zero attached hydrogens (tertiary/aromatic N) is 2. The van der Waals surface area contributed by atoms with Crippen molar-refractivity contribution in [2.45, 2.75) is 38.1 Å². The number of hydrogen-bond donors (Lipinski definition) is 1. The van der Waals surface area contributed by atoms with E-state index in [-0.39, 0.29) is 5.41 Å². The summed E-state index contributed by atoms with van der Waals surface area (Å²) in [5.41, 5.74) is 3.54. The van der Waals surface area contributed by atoms with Gasteiger partial charge >= 0.3 is 0 Å². The van der Waals surface area contributed by atoms with Crippen LogP contribution >= 0.6 is 11.6 Å². The Bertz CT molecular complexity index is 651. The van der Waals surface area contributed by atoms with Crippen LogP contribution in [-0.2, 0) is 5.41 Å². The number of aromatic nitrogens is 2. The van der Waals surface area contributed by atoms with E-state index in [1.165, 1.54) is 16.8 Å². The number of halogens is 1. The van der Waals surface area contributed by atoms with Gasteiger partial charge in [0.1, 0.15) is 16.6 Å². The van der Waals surface area contributed by atoms with Gasteiger partial charge in [0.25, 0.3) is 0 Å². The van der Waals surface area contributed by atoms with Gasteiger partial charge in [0, 0.05) is 31.4 Å². The Morgan fingerprint density at radius 2 is 2.10 bits per heavy atom. The third kappa shape index (κ3) is 2.36. The van der Waals surface area contributed by atoms with E-state index in [1.54, 1.807) is 0 Å². The monoisotopic (exact) mass is 300 g/mol. The van der Waals surface area contributed by atoms with Crippen molar-refractivity contribution in [2.24, 2.45) is 0 Å². The summed E-state index contributed by atoms with van der Waals surface area (Å²) in [5.74, 6) is 0. The minimum atomic E-state index is -0.167. The first-order valence-electron chi connectivity index (χ1n) is 7.32. The van der Waals surface area contributed by atoms with Crippen molar-refractivity contribution >= 4 is 17.3 Å². The molecular formula is C17H19ClN3+. The lowest BCUT2D eigenvalue weighted by Gasteiger charge is -2.28. The largest absolute Gasteiger partial charge is 0.264 e. The summed E-state index contributed by atoms with van der Waals surface area (Å²) in [6, 6.07) is 8.52. The zero-order valence-corrected chi connectivity index (χ0v) is 13.1. The van der Waals surface area contributed by atoms with Crippen molar-refractivity contribution in [3.63, 3.8) is 0 Å². The molecule has 0 aromatic carbocycles. The molecule has 1 unspecified atom stereocenters. The highest BCUT2D eigenvalue weighted by molar-refractivity contribution is 6.29. The minimum absolute atomic E-state index is 0.167. The van der Waals surface area contributed by atoms with E-state index >= 15 is 0 Å². The molecule has 3 rings (SSSR count). The van der Waals surface area contributed by atoms with Crippen molar-refractivity contribution in [2.75, 3.05) is 0 Å². The average Bonchev–Trinajstić information content (AvgIpc) is 2.86. The van der Waals surface area contributed by atoms with Crippen LogP contribution < -0.4 is 4.99 Å². The summed E-state index contributed by atoms with van der Waals surface area (Å²) in [5, 5.41) is 0.525. The standard InChI is InChI=1S/C17H18ClN3/c1-3-15-17(9-12(2)21-15,13-5-4-8-19-10-13)14-6-7-16(18)20-11-14/h4-8,10-12H,3,9H2,1-2H3/p+1/t12-,17?/m0/s1. The molecule has 4 heteroatoms. The van der Waals surface area contributed by atoms with Gasteiger partial charge in [-0.2, -0.15) is 0 Å². The molecule has 2 aromatic heterocycles. The molecule has 3 heterocycles. The molecule has 2 atom stereocenters. The van der Waals surface area contributed by atoms with Crippen molar-refractivity contribution in [1.82, 2.24) is 9.97 Å². The lowest BCUT2D eigenvalue weighted by Crippen LogP contribution is -2.75. The zero-order valence-electron chi connectivity index (χ0n) is 12.3. The summed E-state index contributed by atoms with van der Waals surface area (Å²) < 4.78 is 0. The first kappa shape index (κ1) is 14.2. The SMILES string of the molecule is CCC1=[NH+][C@@H](C)CC1(c1cccnc1)c1ccc(Cl)nc1. The molecule has 0 radical (unpaired) electrons. The Hall–Kier alpha value is -1.74. The van der Waals surface area contributed by atoms with Gasteiger partial charge in [-0.3, -0.25) is 4.98 Å². The predicted octanol–water partition coefficient (Wildman–Crippen LogP) is 2.14. The molecule has 1 aliphatic rings. The molecule has 2 aromatic rings. The van der Waals surface area contributed by atoms with Crippen LogP contribution in [0.2, 0.25) is 5.15 Å². The Morgan fingerprint density at radius 1 is 1.29 bits per heavy atom. The summed E-state index contributed by atoms with van der Waals surface area (Å²) in [7, 11) is 0. The fraction of sp³-hybridized carbons (Fsp3) is 0.353. The van der Waals surface area contributed by atoms with E-state index in [1.807, 2.05) is 30.7 Å². The summed E-state index contributed by atoms with van der Waals surface area (Å²) in [4.78, 5) is 12.2. The van der Waals surface area contributed by atoms with Crippen molar-refractivity contribution < 1.29 is 4.99 Å². The van der Waals surface area contributed by atoms with E-state index in [9.17, 15) is 0 Å². The lowest BCUT2D eigenvalue weighted by molar-refractivity contribution is -0.489. The summed E-state index contributed by atoms with van der Waals surface area (Å²) in [6.07, 6.45) is 7.65. The van der Waals surface area contributed by atoms with Gasteiger partial charge in [0.05, 0.1) is 0 Å². The highest BCUT2D eigenvalue weighted by Gasteiger charge is 2.49. The molecule has 0 aliphatic carbocycles. The Balaban J connectivity index is 2.21. The van der Waals surface area contributed by atoms with Gasteiger partial charge in [0.15, 0.2) is 5.71 Å². The van der Waals surface area contributed by atoms with E-state index in [0.29, 0.717) is 11.2 Å². The van der Waals surface area contributed by atoms with Crippen LogP contribution in [0, 0.1) is 0 Å². The lowest BCUT2D eigenvalue weighted by atomic mass is 9.69. The first-order chi connectivity index (χ1) is 10.2.